The molecule has 0 spiro atoms. The standard InChI is InChI=1S/C17H20F2N2.2ClH/c1-12-6-7-15(14-5-3-2-4-13(12)14)16(17(18)19)21-10-8-20-9-11-21;;/h2-7,16-17,20H,8-11H2,1H3;2*1H/t16-;;/m0../s1. The molecule has 2 nitrogen and oxygen atoms in total. The van der Waals surface area contributed by atoms with Crippen LogP contribution in [0.5, 0.6) is 0 Å². The number of nitrogens with zero attached hydrogens (tertiary/aromatic N) is 1. The molecular formula is C17H22Cl2F2N2. The third kappa shape index (κ3) is 4.13. The van der Waals surface area contributed by atoms with Crippen LogP contribution in [0, 0.1) is 6.92 Å². The van der Waals surface area contributed by atoms with Crippen molar-refractivity contribution in [2.24, 2.45) is 0 Å². The number of hydrogen-bond donors (Lipinski definition) is 1. The Kier molecular flexibility index (Phi) is 7.68. The molecule has 6 heteroatoms. The Morgan fingerprint density at radius 2 is 1.57 bits per heavy atom. The van der Waals surface area contributed by atoms with Crippen LogP contribution in [0.3, 0.4) is 0 Å². The molecule has 23 heavy (non-hydrogen) atoms. The number of alkyl halides is 2. The van der Waals surface area contributed by atoms with Gasteiger partial charge in [-0.1, -0.05) is 36.4 Å². The first-order valence-electron chi connectivity index (χ1n) is 7.39. The highest BCUT2D eigenvalue weighted by Gasteiger charge is 2.31. The quantitative estimate of drug-likeness (QED) is 0.879. The highest BCUT2D eigenvalue weighted by atomic mass is 35.5. The van der Waals surface area contributed by atoms with Crippen LogP contribution >= 0.6 is 24.8 Å². The third-order valence-corrected chi connectivity index (χ3v) is 4.28. The summed E-state index contributed by atoms with van der Waals surface area (Å²) >= 11 is 0. The lowest BCUT2D eigenvalue weighted by atomic mass is 9.95. The van der Waals surface area contributed by atoms with Crippen molar-refractivity contribution in [1.82, 2.24) is 10.2 Å². The van der Waals surface area contributed by atoms with Crippen LogP contribution in [-0.2, 0) is 0 Å². The van der Waals surface area contributed by atoms with Gasteiger partial charge in [-0.3, -0.25) is 4.90 Å². The van der Waals surface area contributed by atoms with Gasteiger partial charge in [0.05, 0.1) is 6.04 Å². The van der Waals surface area contributed by atoms with Crippen molar-refractivity contribution >= 4 is 35.6 Å². The van der Waals surface area contributed by atoms with Gasteiger partial charge in [-0.15, -0.1) is 24.8 Å². The number of halogens is 4. The van der Waals surface area contributed by atoms with Gasteiger partial charge >= 0.3 is 0 Å². The highest BCUT2D eigenvalue weighted by molar-refractivity contribution is 5.89. The molecule has 1 atom stereocenters. The van der Waals surface area contributed by atoms with Gasteiger partial charge in [0.15, 0.2) is 0 Å². The largest absolute Gasteiger partial charge is 0.314 e. The first kappa shape index (κ1) is 20.1. The number of benzene rings is 2. The Morgan fingerprint density at radius 3 is 2.17 bits per heavy atom. The summed E-state index contributed by atoms with van der Waals surface area (Å²) in [5.74, 6) is 0. The topological polar surface area (TPSA) is 15.3 Å². The zero-order valence-corrected chi connectivity index (χ0v) is 14.6. The zero-order chi connectivity index (χ0) is 14.8. The normalized spacial score (nSPS) is 16.7. The van der Waals surface area contributed by atoms with Crippen molar-refractivity contribution in [2.45, 2.75) is 19.4 Å². The van der Waals surface area contributed by atoms with Gasteiger partial charge in [0.2, 0.25) is 0 Å². The summed E-state index contributed by atoms with van der Waals surface area (Å²) in [6.45, 7) is 4.89. The van der Waals surface area contributed by atoms with Crippen LogP contribution in [0.1, 0.15) is 17.2 Å². The molecule has 1 aliphatic heterocycles. The molecule has 0 bridgehead atoms. The van der Waals surface area contributed by atoms with Crippen molar-refractivity contribution in [1.29, 1.82) is 0 Å². The lowest BCUT2D eigenvalue weighted by Gasteiger charge is -2.35. The van der Waals surface area contributed by atoms with Gasteiger partial charge < -0.3 is 5.32 Å². The summed E-state index contributed by atoms with van der Waals surface area (Å²) in [6.07, 6.45) is -2.38. The molecule has 0 aromatic heterocycles. The maximum absolute atomic E-state index is 13.7. The van der Waals surface area contributed by atoms with Crippen LogP contribution in [-0.4, -0.2) is 37.5 Å². The molecule has 0 aliphatic carbocycles. The molecule has 3 rings (SSSR count). The monoisotopic (exact) mass is 362 g/mol. The third-order valence-electron chi connectivity index (χ3n) is 4.28. The Morgan fingerprint density at radius 1 is 0.957 bits per heavy atom. The van der Waals surface area contributed by atoms with Crippen molar-refractivity contribution in [3.8, 4) is 0 Å². The molecule has 1 fully saturated rings. The minimum atomic E-state index is -2.38. The Balaban J connectivity index is 0.00000132. The summed E-state index contributed by atoms with van der Waals surface area (Å²) in [4.78, 5) is 1.90. The SMILES string of the molecule is Cc1ccc([C@@H](C(F)F)N2CCNCC2)c2ccccc12.Cl.Cl. The van der Waals surface area contributed by atoms with E-state index in [0.29, 0.717) is 13.1 Å². The first-order chi connectivity index (χ1) is 10.2. The number of aryl methyl sites for hydroxylation is 1. The summed E-state index contributed by atoms with van der Waals surface area (Å²) in [7, 11) is 0. The van der Waals surface area contributed by atoms with Crippen molar-refractivity contribution in [3.63, 3.8) is 0 Å². The molecule has 128 valence electrons. The van der Waals surface area contributed by atoms with Gasteiger partial charge in [-0.05, 0) is 28.8 Å². The van der Waals surface area contributed by atoms with Gasteiger partial charge in [0.1, 0.15) is 0 Å². The summed E-state index contributed by atoms with van der Waals surface area (Å²) in [5, 5.41) is 5.23. The molecular weight excluding hydrogens is 341 g/mol. The number of piperazine rings is 1. The lowest BCUT2D eigenvalue weighted by Crippen LogP contribution is -2.46. The van der Waals surface area contributed by atoms with E-state index in [1.165, 1.54) is 0 Å². The van der Waals surface area contributed by atoms with Crippen molar-refractivity contribution in [2.75, 3.05) is 26.2 Å². The molecule has 1 N–H and O–H groups in total. The van der Waals surface area contributed by atoms with E-state index < -0.39 is 12.5 Å². The molecule has 2 aromatic rings. The second-order valence-corrected chi connectivity index (χ2v) is 5.58. The minimum absolute atomic E-state index is 0. The fourth-order valence-electron chi connectivity index (χ4n) is 3.18. The Labute approximate surface area is 148 Å². The molecule has 0 amide bonds. The summed E-state index contributed by atoms with van der Waals surface area (Å²) in [5.41, 5.74) is 1.87. The predicted molar refractivity (Wildman–Crippen MR) is 96.4 cm³/mol. The van der Waals surface area contributed by atoms with E-state index in [1.807, 2.05) is 48.2 Å². The molecule has 1 aliphatic rings. The van der Waals surface area contributed by atoms with E-state index in [-0.39, 0.29) is 24.8 Å². The van der Waals surface area contributed by atoms with Crippen LogP contribution < -0.4 is 5.32 Å². The van der Waals surface area contributed by atoms with Gasteiger partial charge in [0, 0.05) is 26.2 Å². The number of hydrogen-bond acceptors (Lipinski definition) is 2. The Hall–Kier alpha value is -0.940. The maximum atomic E-state index is 13.7. The second kappa shape index (κ2) is 8.78. The predicted octanol–water partition coefficient (Wildman–Crippen LogP) is 4.20. The average Bonchev–Trinajstić information content (AvgIpc) is 2.51. The smallest absolute Gasteiger partial charge is 0.258 e. The summed E-state index contributed by atoms with van der Waals surface area (Å²) in [6, 6.07) is 10.8. The van der Waals surface area contributed by atoms with Crippen molar-refractivity contribution in [3.05, 3.63) is 47.5 Å². The Bertz CT molecular complexity index is 631. The van der Waals surface area contributed by atoms with Crippen LogP contribution in [0.25, 0.3) is 10.8 Å². The van der Waals surface area contributed by atoms with E-state index >= 15 is 0 Å². The molecule has 0 radical (unpaired) electrons. The van der Waals surface area contributed by atoms with Gasteiger partial charge in [-0.25, -0.2) is 8.78 Å². The van der Waals surface area contributed by atoms with Gasteiger partial charge in [0.25, 0.3) is 6.43 Å². The first-order valence-corrected chi connectivity index (χ1v) is 7.39. The number of rotatable bonds is 3. The van der Waals surface area contributed by atoms with E-state index in [1.54, 1.807) is 0 Å². The fraction of sp³-hybridized carbons (Fsp3) is 0.412. The number of nitrogens with one attached hydrogen (secondary N) is 1. The molecule has 0 saturated carbocycles. The van der Waals surface area contributed by atoms with E-state index in [9.17, 15) is 8.78 Å². The molecule has 1 heterocycles. The summed E-state index contributed by atoms with van der Waals surface area (Å²) < 4.78 is 27.5. The molecule has 2 aromatic carbocycles. The maximum Gasteiger partial charge on any atom is 0.258 e. The van der Waals surface area contributed by atoms with Crippen molar-refractivity contribution < 1.29 is 8.78 Å². The highest BCUT2D eigenvalue weighted by Crippen LogP contribution is 2.34. The van der Waals surface area contributed by atoms with E-state index in [4.69, 9.17) is 0 Å². The fourth-order valence-corrected chi connectivity index (χ4v) is 3.18. The lowest BCUT2D eigenvalue weighted by molar-refractivity contribution is 0.0189. The minimum Gasteiger partial charge on any atom is -0.314 e. The van der Waals surface area contributed by atoms with Crippen LogP contribution in [0.15, 0.2) is 36.4 Å². The van der Waals surface area contributed by atoms with Gasteiger partial charge in [-0.2, -0.15) is 0 Å². The van der Waals surface area contributed by atoms with Crippen LogP contribution in [0.4, 0.5) is 8.78 Å². The van der Waals surface area contributed by atoms with E-state index in [2.05, 4.69) is 5.32 Å². The number of fused-ring (bicyclic) bond motifs is 1. The molecule has 0 unspecified atom stereocenters. The van der Waals surface area contributed by atoms with E-state index in [0.717, 1.165) is 35.0 Å². The zero-order valence-electron chi connectivity index (χ0n) is 13.0. The average molecular weight is 363 g/mol. The second-order valence-electron chi connectivity index (χ2n) is 5.58. The van der Waals surface area contributed by atoms with Crippen LogP contribution in [0.2, 0.25) is 0 Å². The molecule has 1 saturated heterocycles.